The third-order valence-electron chi connectivity index (χ3n) is 7.88. The molecule has 0 saturated carbocycles. The van der Waals surface area contributed by atoms with Gasteiger partial charge in [0.25, 0.3) is 0 Å². The zero-order valence-electron chi connectivity index (χ0n) is 23.7. The molecule has 0 unspecified atom stereocenters. The van der Waals surface area contributed by atoms with Crippen LogP contribution in [0.4, 0.5) is 0 Å². The number of para-hydroxylation sites is 1. The lowest BCUT2D eigenvalue weighted by molar-refractivity contribution is 1.26. The van der Waals surface area contributed by atoms with E-state index in [1.807, 2.05) is 48.9 Å². The molecule has 44 heavy (non-hydrogen) atoms. The van der Waals surface area contributed by atoms with E-state index in [9.17, 15) is 0 Å². The maximum atomic E-state index is 5.07. The summed E-state index contributed by atoms with van der Waals surface area (Å²) >= 11 is 0. The summed E-state index contributed by atoms with van der Waals surface area (Å²) in [4.78, 5) is 23.5. The van der Waals surface area contributed by atoms with Gasteiger partial charge in [0.05, 0.1) is 28.3 Å². The predicted molar refractivity (Wildman–Crippen MR) is 178 cm³/mol. The molecule has 0 saturated heterocycles. The van der Waals surface area contributed by atoms with Crippen molar-refractivity contribution in [2.24, 2.45) is 0 Å². The van der Waals surface area contributed by atoms with E-state index in [2.05, 4.69) is 101 Å². The minimum Gasteiger partial charge on any atom is -0.264 e. The second-order valence-corrected chi connectivity index (χ2v) is 10.6. The Balaban J connectivity index is 1.24. The van der Waals surface area contributed by atoms with Gasteiger partial charge in [-0.05, 0) is 88.3 Å². The van der Waals surface area contributed by atoms with Crippen LogP contribution in [0.25, 0.3) is 77.8 Å². The maximum Gasteiger partial charge on any atom is 0.0972 e. The molecule has 0 aliphatic heterocycles. The van der Waals surface area contributed by atoms with Crippen LogP contribution in [0, 0.1) is 0 Å². The highest BCUT2D eigenvalue weighted by atomic mass is 14.8. The van der Waals surface area contributed by atoms with Gasteiger partial charge < -0.3 is 0 Å². The van der Waals surface area contributed by atoms with Gasteiger partial charge >= 0.3 is 0 Å². The molecule has 5 heteroatoms. The van der Waals surface area contributed by atoms with Gasteiger partial charge in [0.2, 0.25) is 0 Å². The Kier molecular flexibility index (Phi) is 6.39. The Hall–Kier alpha value is -6.07. The van der Waals surface area contributed by atoms with Gasteiger partial charge in [0.1, 0.15) is 0 Å². The first kappa shape index (κ1) is 25.6. The van der Waals surface area contributed by atoms with Crippen LogP contribution in [0.3, 0.4) is 0 Å². The molecule has 8 rings (SSSR count). The highest BCUT2D eigenvalue weighted by Gasteiger charge is 2.13. The van der Waals surface area contributed by atoms with E-state index < -0.39 is 0 Å². The average molecular weight is 564 g/mol. The highest BCUT2D eigenvalue weighted by molar-refractivity contribution is 6.10. The minimum atomic E-state index is 0.844. The molecule has 3 aromatic carbocycles. The van der Waals surface area contributed by atoms with E-state index in [4.69, 9.17) is 15.0 Å². The number of hydrogen-bond donors (Lipinski definition) is 0. The molecular formula is C39H25N5. The van der Waals surface area contributed by atoms with Gasteiger partial charge in [-0.1, -0.05) is 60.7 Å². The molecule has 0 bridgehead atoms. The fourth-order valence-corrected chi connectivity index (χ4v) is 5.74. The van der Waals surface area contributed by atoms with Gasteiger partial charge in [0, 0.05) is 52.9 Å². The SMILES string of the molecule is c1cc(-c2cc(-c3cccnc3)nc(-c3cccnc3)c2)cc(-c2ccnc(-c3nc4ccccc4c4ccccc34)c2)c1. The molecule has 0 radical (unpaired) electrons. The largest absolute Gasteiger partial charge is 0.264 e. The number of nitrogens with zero attached hydrogens (tertiary/aromatic N) is 5. The Morgan fingerprint density at radius 3 is 1.66 bits per heavy atom. The van der Waals surface area contributed by atoms with Crippen molar-refractivity contribution in [3.63, 3.8) is 0 Å². The summed E-state index contributed by atoms with van der Waals surface area (Å²) in [6.07, 6.45) is 9.11. The van der Waals surface area contributed by atoms with Crippen LogP contribution in [-0.4, -0.2) is 24.9 Å². The van der Waals surface area contributed by atoms with Gasteiger partial charge in [-0.3, -0.25) is 15.0 Å². The fourth-order valence-electron chi connectivity index (χ4n) is 5.74. The monoisotopic (exact) mass is 563 g/mol. The fraction of sp³-hybridized carbons (Fsp3) is 0. The van der Waals surface area contributed by atoms with Crippen molar-refractivity contribution >= 4 is 21.7 Å². The van der Waals surface area contributed by atoms with Crippen molar-refractivity contribution in [3.8, 4) is 56.2 Å². The number of hydrogen-bond acceptors (Lipinski definition) is 5. The number of benzene rings is 3. The first-order valence-corrected chi connectivity index (χ1v) is 14.5. The number of pyridine rings is 5. The third kappa shape index (κ3) is 4.76. The van der Waals surface area contributed by atoms with Crippen molar-refractivity contribution < 1.29 is 0 Å². The average Bonchev–Trinajstić information content (AvgIpc) is 3.12. The molecule has 0 spiro atoms. The van der Waals surface area contributed by atoms with Gasteiger partial charge in [-0.25, -0.2) is 9.97 Å². The molecule has 5 heterocycles. The number of aromatic nitrogens is 5. The van der Waals surface area contributed by atoms with Crippen LogP contribution in [0.5, 0.6) is 0 Å². The van der Waals surface area contributed by atoms with E-state index in [1.54, 1.807) is 12.4 Å². The van der Waals surface area contributed by atoms with Crippen LogP contribution in [0.1, 0.15) is 0 Å². The molecule has 206 valence electrons. The summed E-state index contributed by atoms with van der Waals surface area (Å²) in [7, 11) is 0. The molecule has 5 nitrogen and oxygen atoms in total. The Labute approximate surface area is 254 Å². The van der Waals surface area contributed by atoms with E-state index in [-0.39, 0.29) is 0 Å². The highest BCUT2D eigenvalue weighted by Crippen LogP contribution is 2.35. The topological polar surface area (TPSA) is 64.5 Å². The lowest BCUT2D eigenvalue weighted by Gasteiger charge is -2.12. The molecule has 0 fully saturated rings. The van der Waals surface area contributed by atoms with Gasteiger partial charge in [0.15, 0.2) is 0 Å². The summed E-state index contributed by atoms with van der Waals surface area (Å²) in [5.74, 6) is 0. The zero-order valence-corrected chi connectivity index (χ0v) is 23.7. The Bertz CT molecular complexity index is 2220. The maximum absolute atomic E-state index is 5.07. The second kappa shape index (κ2) is 11.0. The molecule has 8 aromatic rings. The molecule has 5 aromatic heterocycles. The lowest BCUT2D eigenvalue weighted by Crippen LogP contribution is -1.93. The van der Waals surface area contributed by atoms with Crippen LogP contribution < -0.4 is 0 Å². The Morgan fingerprint density at radius 1 is 0.364 bits per heavy atom. The molecule has 0 N–H and O–H groups in total. The predicted octanol–water partition coefficient (Wildman–Crippen LogP) is 9.30. The second-order valence-electron chi connectivity index (χ2n) is 10.6. The van der Waals surface area contributed by atoms with Crippen LogP contribution in [-0.2, 0) is 0 Å². The lowest BCUT2D eigenvalue weighted by atomic mass is 9.96. The first-order valence-electron chi connectivity index (χ1n) is 14.5. The standard InChI is InChI=1S/C39H25N5/c1-2-14-34-32(12-1)33-13-3-4-15-35(33)44-39(34)38-21-28(16-19-42-38)26-8-5-9-27(20-26)31-22-36(29-10-6-17-40-24-29)43-37(23-31)30-11-7-18-41-25-30/h1-25H. The molecule has 0 aliphatic carbocycles. The molecule has 0 amide bonds. The summed E-state index contributed by atoms with van der Waals surface area (Å²) in [5.41, 5.74) is 10.7. The Morgan fingerprint density at radius 2 is 0.955 bits per heavy atom. The molecule has 0 aliphatic rings. The smallest absolute Gasteiger partial charge is 0.0972 e. The van der Waals surface area contributed by atoms with E-state index in [1.165, 1.54) is 5.39 Å². The summed E-state index contributed by atoms with van der Waals surface area (Å²) < 4.78 is 0. The van der Waals surface area contributed by atoms with Gasteiger partial charge in [-0.2, -0.15) is 0 Å². The first-order chi connectivity index (χ1) is 21.8. The molecular weight excluding hydrogens is 538 g/mol. The van der Waals surface area contributed by atoms with Crippen molar-refractivity contribution in [1.29, 1.82) is 0 Å². The molecule has 0 atom stereocenters. The number of rotatable bonds is 5. The third-order valence-corrected chi connectivity index (χ3v) is 7.88. The van der Waals surface area contributed by atoms with Crippen LogP contribution >= 0.6 is 0 Å². The zero-order chi connectivity index (χ0) is 29.3. The van der Waals surface area contributed by atoms with Crippen molar-refractivity contribution in [2.75, 3.05) is 0 Å². The minimum absolute atomic E-state index is 0.844. The normalized spacial score (nSPS) is 11.2. The van der Waals surface area contributed by atoms with Crippen molar-refractivity contribution in [3.05, 3.63) is 152 Å². The van der Waals surface area contributed by atoms with E-state index >= 15 is 0 Å². The summed E-state index contributed by atoms with van der Waals surface area (Å²) in [6, 6.07) is 41.7. The quantitative estimate of drug-likeness (QED) is 0.195. The van der Waals surface area contributed by atoms with Gasteiger partial charge in [-0.15, -0.1) is 0 Å². The summed E-state index contributed by atoms with van der Waals surface area (Å²) in [6.45, 7) is 0. The van der Waals surface area contributed by atoms with E-state index in [0.717, 1.165) is 72.4 Å². The van der Waals surface area contributed by atoms with Crippen molar-refractivity contribution in [1.82, 2.24) is 24.9 Å². The van der Waals surface area contributed by atoms with Crippen LogP contribution in [0.15, 0.2) is 152 Å². The van der Waals surface area contributed by atoms with Crippen molar-refractivity contribution in [2.45, 2.75) is 0 Å². The summed E-state index contributed by atoms with van der Waals surface area (Å²) in [5, 5.41) is 3.41. The number of fused-ring (bicyclic) bond motifs is 3. The van der Waals surface area contributed by atoms with Crippen LogP contribution in [0.2, 0.25) is 0 Å². The van der Waals surface area contributed by atoms with E-state index in [0.29, 0.717) is 0 Å².